The molecule has 0 saturated heterocycles. The number of aliphatic carboxylic acids is 1. The van der Waals surface area contributed by atoms with Crippen LogP contribution in [0.5, 0.6) is 5.75 Å². The molecule has 0 spiro atoms. The second-order valence-electron chi connectivity index (χ2n) is 5.82. The summed E-state index contributed by atoms with van der Waals surface area (Å²) in [5.41, 5.74) is 2.06. The molecule has 5 heteroatoms. The lowest BCUT2D eigenvalue weighted by Gasteiger charge is -2.20. The molecular formula is C20H18O5-2. The molecule has 130 valence electrons. The third kappa shape index (κ3) is 5.21. The molecule has 0 N–H and O–H groups in total. The minimum atomic E-state index is -1.92. The first-order chi connectivity index (χ1) is 11.9. The van der Waals surface area contributed by atoms with Crippen molar-refractivity contribution in [3.05, 3.63) is 71.3 Å². The number of carbonyl (C=O) groups excluding carboxylic acids is 2. The van der Waals surface area contributed by atoms with Crippen molar-refractivity contribution >= 4 is 17.5 Å². The van der Waals surface area contributed by atoms with Gasteiger partial charge in [0.2, 0.25) is 5.78 Å². The van der Waals surface area contributed by atoms with Crippen LogP contribution in [-0.2, 0) is 16.0 Å². The maximum absolute atomic E-state index is 12.3. The number of carboxylic acids is 1. The van der Waals surface area contributed by atoms with E-state index in [-0.39, 0.29) is 11.7 Å². The summed E-state index contributed by atoms with van der Waals surface area (Å²) in [6.45, 7) is 3.62. The molecule has 0 unspecified atom stereocenters. The van der Waals surface area contributed by atoms with E-state index in [0.29, 0.717) is 18.2 Å². The van der Waals surface area contributed by atoms with Gasteiger partial charge in [0.25, 0.3) is 0 Å². The molecule has 25 heavy (non-hydrogen) atoms. The highest BCUT2D eigenvalue weighted by atomic mass is 16.5. The largest absolute Gasteiger partial charge is 0.872 e. The Balaban J connectivity index is 2.40. The third-order valence-corrected chi connectivity index (χ3v) is 3.39. The van der Waals surface area contributed by atoms with E-state index in [2.05, 4.69) is 0 Å². The summed E-state index contributed by atoms with van der Waals surface area (Å²) in [6, 6.07) is 14.8. The van der Waals surface area contributed by atoms with Gasteiger partial charge in [-0.3, -0.25) is 4.79 Å². The van der Waals surface area contributed by atoms with E-state index in [0.717, 1.165) is 11.1 Å². The Kier molecular flexibility index (Phi) is 5.95. The molecule has 2 aromatic carbocycles. The van der Waals surface area contributed by atoms with Crippen molar-refractivity contribution < 1.29 is 24.5 Å². The molecule has 0 radical (unpaired) electrons. The predicted molar refractivity (Wildman–Crippen MR) is 89.4 cm³/mol. The van der Waals surface area contributed by atoms with Crippen molar-refractivity contribution in [2.75, 3.05) is 0 Å². The molecule has 0 saturated carbocycles. The van der Waals surface area contributed by atoms with E-state index in [1.165, 1.54) is 0 Å². The Morgan fingerprint density at radius 3 is 2.32 bits per heavy atom. The lowest BCUT2D eigenvalue weighted by Crippen LogP contribution is -2.30. The van der Waals surface area contributed by atoms with Crippen LogP contribution in [0.25, 0.3) is 5.76 Å². The lowest BCUT2D eigenvalue weighted by molar-refractivity contribution is -0.299. The zero-order chi connectivity index (χ0) is 18.4. The van der Waals surface area contributed by atoms with Gasteiger partial charge >= 0.3 is 0 Å². The molecule has 2 rings (SSSR count). The average molecular weight is 338 g/mol. The van der Waals surface area contributed by atoms with Crippen LogP contribution in [0.1, 0.15) is 30.5 Å². The van der Waals surface area contributed by atoms with Crippen molar-refractivity contribution in [2.24, 2.45) is 0 Å². The zero-order valence-corrected chi connectivity index (χ0v) is 14.0. The first kappa shape index (κ1) is 18.3. The quantitative estimate of drug-likeness (QED) is 0.428. The zero-order valence-electron chi connectivity index (χ0n) is 14.0. The topological polar surface area (TPSA) is 89.5 Å². The van der Waals surface area contributed by atoms with E-state index in [1.54, 1.807) is 12.1 Å². The molecule has 0 aliphatic heterocycles. The number of hydrogen-bond donors (Lipinski definition) is 0. The molecule has 2 aromatic rings. The highest BCUT2D eigenvalue weighted by Crippen LogP contribution is 2.27. The van der Waals surface area contributed by atoms with Crippen LogP contribution in [0.2, 0.25) is 0 Å². The van der Waals surface area contributed by atoms with E-state index < -0.39 is 17.5 Å². The maximum atomic E-state index is 12.3. The van der Waals surface area contributed by atoms with E-state index in [1.807, 2.05) is 50.2 Å². The van der Waals surface area contributed by atoms with E-state index >= 15 is 0 Å². The normalized spacial score (nSPS) is 11.4. The molecule has 5 nitrogen and oxygen atoms in total. The molecule has 0 atom stereocenters. The summed E-state index contributed by atoms with van der Waals surface area (Å²) >= 11 is 0. The Morgan fingerprint density at radius 1 is 1.04 bits per heavy atom. The fourth-order valence-electron chi connectivity index (χ4n) is 2.32. The Bertz CT molecular complexity index is 791. The van der Waals surface area contributed by atoms with Gasteiger partial charge < -0.3 is 19.7 Å². The van der Waals surface area contributed by atoms with Crippen molar-refractivity contribution in [3.8, 4) is 5.75 Å². The first-order valence-electron chi connectivity index (χ1n) is 7.84. The third-order valence-electron chi connectivity index (χ3n) is 3.39. The van der Waals surface area contributed by atoms with Gasteiger partial charge in [0.1, 0.15) is 11.7 Å². The summed E-state index contributed by atoms with van der Waals surface area (Å²) in [7, 11) is 0. The van der Waals surface area contributed by atoms with Crippen molar-refractivity contribution in [3.63, 3.8) is 0 Å². The van der Waals surface area contributed by atoms with Gasteiger partial charge in [0.05, 0.1) is 6.10 Å². The molecule has 0 bridgehead atoms. The summed E-state index contributed by atoms with van der Waals surface area (Å²) in [6.07, 6.45) is 0.935. The highest BCUT2D eigenvalue weighted by molar-refractivity contribution is 6.37. The van der Waals surface area contributed by atoms with Gasteiger partial charge in [-0.25, -0.2) is 0 Å². The number of ketones is 1. The second-order valence-corrected chi connectivity index (χ2v) is 5.82. The van der Waals surface area contributed by atoms with Crippen molar-refractivity contribution in [2.45, 2.75) is 26.4 Å². The molecule has 0 aliphatic rings. The first-order valence-corrected chi connectivity index (χ1v) is 7.84. The van der Waals surface area contributed by atoms with Crippen molar-refractivity contribution in [1.29, 1.82) is 0 Å². The standard InChI is InChI=1S/C20H20O5/c1-13(2)25-19-9-8-15(10-14-6-4-3-5-7-14)11-16(19)17(21)12-18(22)20(23)24/h3-9,11-13,21H,10H2,1-2H3,(H,23,24)/p-2/b17-12-. The van der Waals surface area contributed by atoms with E-state index in [4.69, 9.17) is 4.74 Å². The van der Waals surface area contributed by atoms with Gasteiger partial charge in [-0.2, -0.15) is 0 Å². The predicted octanol–water partition coefficient (Wildman–Crippen LogP) is 1.08. The summed E-state index contributed by atoms with van der Waals surface area (Å²) in [4.78, 5) is 21.8. The minimum absolute atomic E-state index is 0.150. The minimum Gasteiger partial charge on any atom is -0.872 e. The van der Waals surface area contributed by atoms with Crippen LogP contribution < -0.4 is 14.9 Å². The monoisotopic (exact) mass is 338 g/mol. The second kappa shape index (κ2) is 8.15. The van der Waals surface area contributed by atoms with Crippen molar-refractivity contribution in [1.82, 2.24) is 0 Å². The molecular weight excluding hydrogens is 320 g/mol. The molecule has 0 heterocycles. The molecule has 0 fully saturated rings. The van der Waals surface area contributed by atoms with Gasteiger partial charge in [-0.1, -0.05) is 42.2 Å². The maximum Gasteiger partial charge on any atom is 0.200 e. The SMILES string of the molecule is CC(C)Oc1ccc(Cc2ccccc2)cc1/C([O-])=C/C(=O)C(=O)[O-]. The van der Waals surface area contributed by atoms with Gasteiger partial charge in [-0.05, 0) is 49.6 Å². The van der Waals surface area contributed by atoms with Gasteiger partial charge in [0, 0.05) is 5.56 Å². The van der Waals surface area contributed by atoms with Gasteiger partial charge in [0.15, 0.2) is 0 Å². The summed E-state index contributed by atoms with van der Waals surface area (Å²) < 4.78 is 5.60. The van der Waals surface area contributed by atoms with Crippen LogP contribution in [0.4, 0.5) is 0 Å². The highest BCUT2D eigenvalue weighted by Gasteiger charge is 2.09. The number of hydrogen-bond acceptors (Lipinski definition) is 5. The number of rotatable bonds is 7. The Hall–Kier alpha value is -3.08. The smallest absolute Gasteiger partial charge is 0.200 e. The summed E-state index contributed by atoms with van der Waals surface area (Å²) in [5, 5.41) is 22.9. The van der Waals surface area contributed by atoms with Crippen LogP contribution in [0.3, 0.4) is 0 Å². The molecule has 0 aliphatic carbocycles. The van der Waals surface area contributed by atoms with Crippen LogP contribution in [0, 0.1) is 0 Å². The average Bonchev–Trinajstić information content (AvgIpc) is 2.56. The lowest BCUT2D eigenvalue weighted by atomic mass is 10.0. The van der Waals surface area contributed by atoms with Crippen LogP contribution in [0.15, 0.2) is 54.6 Å². The fourth-order valence-corrected chi connectivity index (χ4v) is 2.32. The number of carbonyl (C=O) groups is 2. The van der Waals surface area contributed by atoms with Crippen LogP contribution in [-0.4, -0.2) is 17.9 Å². The number of carboxylic acid groups (broad SMARTS) is 1. The van der Waals surface area contributed by atoms with Gasteiger partial charge in [-0.15, -0.1) is 0 Å². The number of benzene rings is 2. The summed E-state index contributed by atoms with van der Waals surface area (Å²) in [5.74, 6) is -3.70. The fraction of sp³-hybridized carbons (Fsp3) is 0.200. The Labute approximate surface area is 146 Å². The number of ether oxygens (including phenoxy) is 1. The Morgan fingerprint density at radius 2 is 1.72 bits per heavy atom. The molecule has 0 aromatic heterocycles. The molecule has 0 amide bonds. The van der Waals surface area contributed by atoms with E-state index in [9.17, 15) is 19.8 Å². The van der Waals surface area contributed by atoms with Crippen LogP contribution >= 0.6 is 0 Å².